The van der Waals surface area contributed by atoms with Gasteiger partial charge in [0.2, 0.25) is 0 Å². The molecule has 1 atom stereocenters. The molecule has 0 amide bonds. The molecule has 0 spiro atoms. The molecule has 2 N–H and O–H groups in total. The van der Waals surface area contributed by atoms with Gasteiger partial charge in [0.25, 0.3) is 0 Å². The Bertz CT molecular complexity index is 1080. The topological polar surface area (TPSA) is 66.7 Å². The average molecular weight is 577 g/mol. The zero-order chi connectivity index (χ0) is 23.0. The van der Waals surface area contributed by atoms with E-state index in [-0.39, 0.29) is 24.0 Å². The summed E-state index contributed by atoms with van der Waals surface area (Å²) >= 11 is 0. The van der Waals surface area contributed by atoms with Crippen LogP contribution in [0.4, 0.5) is 5.69 Å². The van der Waals surface area contributed by atoms with Crippen molar-refractivity contribution in [3.05, 3.63) is 54.4 Å². The van der Waals surface area contributed by atoms with E-state index in [9.17, 15) is 0 Å². The van der Waals surface area contributed by atoms with Gasteiger partial charge in [-0.1, -0.05) is 18.2 Å². The van der Waals surface area contributed by atoms with Gasteiger partial charge in [-0.05, 0) is 56.9 Å². The second-order valence-electron chi connectivity index (χ2n) is 8.60. The molecule has 1 aliphatic rings. The van der Waals surface area contributed by atoms with E-state index in [0.29, 0.717) is 5.92 Å². The van der Waals surface area contributed by atoms with Crippen LogP contribution in [0, 0.1) is 12.8 Å². The highest BCUT2D eigenvalue weighted by molar-refractivity contribution is 14.0. The summed E-state index contributed by atoms with van der Waals surface area (Å²) in [5.74, 6) is 3.45. The summed E-state index contributed by atoms with van der Waals surface area (Å²) in [6.45, 7) is 9.79. The zero-order valence-corrected chi connectivity index (χ0v) is 22.8. The second-order valence-corrected chi connectivity index (χ2v) is 8.60. The summed E-state index contributed by atoms with van der Waals surface area (Å²) < 4.78 is 7.67. The van der Waals surface area contributed by atoms with Crippen LogP contribution in [0.15, 0.2) is 53.5 Å². The second kappa shape index (κ2) is 12.8. The molecule has 184 valence electrons. The maximum absolute atomic E-state index is 5.37. The highest BCUT2D eigenvalue weighted by Gasteiger charge is 2.22. The maximum Gasteiger partial charge on any atom is 0.191 e. The fourth-order valence-corrected chi connectivity index (χ4v) is 4.51. The van der Waals surface area contributed by atoms with Gasteiger partial charge in [-0.25, -0.2) is 4.98 Å². The molecular weight excluding hydrogens is 539 g/mol. The van der Waals surface area contributed by atoms with E-state index < -0.39 is 0 Å². The lowest BCUT2D eigenvalue weighted by molar-refractivity contribution is 0.415. The Morgan fingerprint density at radius 1 is 1.18 bits per heavy atom. The Labute approximate surface area is 220 Å². The molecule has 0 aliphatic carbocycles. The number of methoxy groups -OCH3 is 1. The Morgan fingerprint density at radius 3 is 2.85 bits per heavy atom. The van der Waals surface area contributed by atoms with Crippen molar-refractivity contribution in [2.75, 3.05) is 44.7 Å². The summed E-state index contributed by atoms with van der Waals surface area (Å²) in [7, 11) is 1.72. The number of benzene rings is 2. The van der Waals surface area contributed by atoms with Crippen molar-refractivity contribution in [3.63, 3.8) is 0 Å². The van der Waals surface area contributed by atoms with E-state index in [1.807, 2.05) is 12.1 Å². The molecule has 0 bridgehead atoms. The molecule has 3 aromatic rings. The molecule has 0 radical (unpaired) electrons. The molecule has 7 nitrogen and oxygen atoms in total. The average Bonchev–Trinajstić information content (AvgIpc) is 3.44. The van der Waals surface area contributed by atoms with Crippen molar-refractivity contribution < 1.29 is 4.74 Å². The number of nitrogens with zero attached hydrogens (tertiary/aromatic N) is 4. The number of hydrogen-bond acceptors (Lipinski definition) is 4. The molecule has 4 rings (SSSR count). The number of anilines is 1. The Morgan fingerprint density at radius 2 is 2.03 bits per heavy atom. The quantitative estimate of drug-likeness (QED) is 0.171. The highest BCUT2D eigenvalue weighted by Crippen LogP contribution is 2.27. The normalized spacial score (nSPS) is 15.9. The van der Waals surface area contributed by atoms with Crippen LogP contribution in [0.25, 0.3) is 11.0 Å². The Kier molecular flexibility index (Phi) is 9.86. The molecule has 1 fully saturated rings. The predicted molar refractivity (Wildman–Crippen MR) is 152 cm³/mol. The van der Waals surface area contributed by atoms with E-state index in [1.165, 1.54) is 11.2 Å². The van der Waals surface area contributed by atoms with Crippen molar-refractivity contribution in [2.24, 2.45) is 10.9 Å². The van der Waals surface area contributed by atoms with Gasteiger partial charge in [0.05, 0.1) is 18.1 Å². The number of imidazole rings is 1. The molecule has 1 unspecified atom stereocenters. The number of aryl methyl sites for hydroxylation is 2. The number of hydrogen-bond donors (Lipinski definition) is 2. The van der Waals surface area contributed by atoms with Crippen LogP contribution in [-0.4, -0.2) is 55.3 Å². The summed E-state index contributed by atoms with van der Waals surface area (Å²) in [4.78, 5) is 12.0. The minimum absolute atomic E-state index is 0. The van der Waals surface area contributed by atoms with Crippen molar-refractivity contribution in [2.45, 2.75) is 33.2 Å². The van der Waals surface area contributed by atoms with Gasteiger partial charge in [0.1, 0.15) is 11.6 Å². The first-order valence-electron chi connectivity index (χ1n) is 12.0. The number of aromatic nitrogens is 2. The van der Waals surface area contributed by atoms with E-state index >= 15 is 0 Å². The lowest BCUT2D eigenvalue weighted by atomic mass is 10.1. The summed E-state index contributed by atoms with van der Waals surface area (Å²) in [5, 5.41) is 6.90. The number of nitrogens with one attached hydrogen (secondary N) is 2. The number of fused-ring (bicyclic) bond motifs is 1. The SMILES string of the molecule is CCNC(=NCC1CCN(c2cccc(OC)c2)C1)NCCCn1c(C)nc2ccccc21.I. The third kappa shape index (κ3) is 6.55. The number of halogens is 1. The van der Waals surface area contributed by atoms with Crippen molar-refractivity contribution in [1.82, 2.24) is 20.2 Å². The van der Waals surface area contributed by atoms with Gasteiger partial charge in [0, 0.05) is 51.0 Å². The molecule has 1 saturated heterocycles. The molecule has 0 saturated carbocycles. The molecule has 2 heterocycles. The van der Waals surface area contributed by atoms with Gasteiger partial charge in [-0.2, -0.15) is 0 Å². The largest absolute Gasteiger partial charge is 0.497 e. The smallest absolute Gasteiger partial charge is 0.191 e. The molecule has 1 aromatic heterocycles. The number of aliphatic imine (C=N–C) groups is 1. The van der Waals surface area contributed by atoms with E-state index in [0.717, 1.165) is 75.2 Å². The van der Waals surface area contributed by atoms with Gasteiger partial charge in [0.15, 0.2) is 5.96 Å². The molecular formula is C26H37IN6O. The van der Waals surface area contributed by atoms with Gasteiger partial charge in [-0.15, -0.1) is 24.0 Å². The number of guanidine groups is 1. The van der Waals surface area contributed by atoms with Gasteiger partial charge in [-0.3, -0.25) is 4.99 Å². The first kappa shape index (κ1) is 26.1. The summed E-state index contributed by atoms with van der Waals surface area (Å²) in [6.07, 6.45) is 2.17. The third-order valence-corrected chi connectivity index (χ3v) is 6.25. The van der Waals surface area contributed by atoms with Crippen LogP contribution in [0.3, 0.4) is 0 Å². The van der Waals surface area contributed by atoms with Crippen molar-refractivity contribution in [3.8, 4) is 5.75 Å². The minimum Gasteiger partial charge on any atom is -0.497 e. The minimum atomic E-state index is 0. The maximum atomic E-state index is 5.37. The van der Waals surface area contributed by atoms with Crippen LogP contribution in [-0.2, 0) is 6.54 Å². The summed E-state index contributed by atoms with van der Waals surface area (Å²) in [5.41, 5.74) is 3.50. The first-order valence-corrected chi connectivity index (χ1v) is 12.0. The van der Waals surface area contributed by atoms with Crippen LogP contribution >= 0.6 is 24.0 Å². The Hall–Kier alpha value is -2.49. The highest BCUT2D eigenvalue weighted by atomic mass is 127. The fraction of sp³-hybridized carbons (Fsp3) is 0.462. The van der Waals surface area contributed by atoms with Gasteiger partial charge < -0.3 is 24.8 Å². The zero-order valence-electron chi connectivity index (χ0n) is 20.5. The van der Waals surface area contributed by atoms with E-state index in [4.69, 9.17) is 9.73 Å². The molecule has 2 aromatic carbocycles. The number of para-hydroxylation sites is 2. The number of rotatable bonds is 9. The van der Waals surface area contributed by atoms with Crippen LogP contribution < -0.4 is 20.3 Å². The molecule has 8 heteroatoms. The van der Waals surface area contributed by atoms with E-state index in [1.54, 1.807) is 7.11 Å². The fourth-order valence-electron chi connectivity index (χ4n) is 4.51. The Balaban J connectivity index is 0.00000324. The monoisotopic (exact) mass is 576 g/mol. The first-order chi connectivity index (χ1) is 16.2. The van der Waals surface area contributed by atoms with Crippen LogP contribution in [0.2, 0.25) is 0 Å². The van der Waals surface area contributed by atoms with E-state index in [2.05, 4.69) is 75.3 Å². The third-order valence-electron chi connectivity index (χ3n) is 6.25. The summed E-state index contributed by atoms with van der Waals surface area (Å²) in [6, 6.07) is 16.7. The number of ether oxygens (including phenoxy) is 1. The van der Waals surface area contributed by atoms with Crippen LogP contribution in [0.1, 0.15) is 25.6 Å². The van der Waals surface area contributed by atoms with Crippen molar-refractivity contribution in [1.29, 1.82) is 0 Å². The standard InChI is InChI=1S/C26H36N6O.HI/c1-4-27-26(28-14-8-15-32-20(2)30-24-11-5-6-12-25(24)32)29-18-21-13-16-31(19-21)22-9-7-10-23(17-22)33-3;/h5-7,9-12,17,21H,4,8,13-16,18-19H2,1-3H3,(H2,27,28,29);1H. The molecule has 1 aliphatic heterocycles. The molecule has 34 heavy (non-hydrogen) atoms. The van der Waals surface area contributed by atoms with Gasteiger partial charge >= 0.3 is 0 Å². The predicted octanol–water partition coefficient (Wildman–Crippen LogP) is 4.44. The van der Waals surface area contributed by atoms with Crippen molar-refractivity contribution >= 4 is 46.7 Å². The lowest BCUT2D eigenvalue weighted by Gasteiger charge is -2.19. The van der Waals surface area contributed by atoms with Crippen LogP contribution in [0.5, 0.6) is 5.75 Å². The lowest BCUT2D eigenvalue weighted by Crippen LogP contribution is -2.38.